The van der Waals surface area contributed by atoms with E-state index in [0.717, 1.165) is 27.9 Å². The fourth-order valence-electron chi connectivity index (χ4n) is 1.01. The van der Waals surface area contributed by atoms with E-state index in [1.807, 2.05) is 0 Å². The third-order valence-electron chi connectivity index (χ3n) is 1.82. The van der Waals surface area contributed by atoms with Crippen molar-refractivity contribution in [1.82, 2.24) is 0 Å². The Morgan fingerprint density at radius 1 is 0.800 bits per heavy atom. The first-order chi connectivity index (χ1) is 6.83. The zero-order valence-corrected chi connectivity index (χ0v) is 8.86. The highest BCUT2D eigenvalue weighted by Gasteiger charge is 2.47. The van der Waals surface area contributed by atoms with Crippen molar-refractivity contribution >= 4 is 62.1 Å². The molecule has 2 rings (SSSR count). The maximum atomic E-state index is 10.9. The third kappa shape index (κ3) is 2.66. The highest BCUT2D eigenvalue weighted by molar-refractivity contribution is 8.19. The Morgan fingerprint density at radius 3 is 1.47 bits per heavy atom. The molecule has 0 aromatic carbocycles. The van der Waals surface area contributed by atoms with Crippen LogP contribution < -0.4 is 0 Å². The lowest BCUT2D eigenvalue weighted by molar-refractivity contribution is 0.508. The van der Waals surface area contributed by atoms with Crippen LogP contribution in [0.2, 0.25) is 5.01 Å². The monoisotopic (exact) mass is 238 g/mol. The lowest BCUT2D eigenvalue weighted by atomic mass is 9.06. The van der Waals surface area contributed by atoms with Gasteiger partial charge in [0.25, 0.3) is 12.9 Å². The van der Waals surface area contributed by atoms with Gasteiger partial charge in [0, 0.05) is 0 Å². The van der Waals surface area contributed by atoms with E-state index in [4.69, 9.17) is 0 Å². The second kappa shape index (κ2) is 3.61. The zero-order valence-electron chi connectivity index (χ0n) is 7.23. The summed E-state index contributed by atoms with van der Waals surface area (Å²) in [5, 5.41) is -1.04. The summed E-state index contributed by atoms with van der Waals surface area (Å²) >= 11 is 0. The second-order valence-corrected chi connectivity index (χ2v) is 5.92. The molecule has 2 aliphatic rings. The Morgan fingerprint density at radius 2 is 1.20 bits per heavy atom. The van der Waals surface area contributed by atoms with Gasteiger partial charge in [-0.3, -0.25) is 0 Å². The molecule has 0 saturated carbocycles. The lowest BCUT2D eigenvalue weighted by Crippen LogP contribution is -2.55. The largest absolute Gasteiger partial charge is 0.352 e. The Hall–Kier alpha value is 0.210. The van der Waals surface area contributed by atoms with Crippen LogP contribution in [0.5, 0.6) is 0 Å². The maximum Gasteiger partial charge on any atom is 0.301 e. The molecule has 70 valence electrons. The molecule has 0 N–H and O–H groups in total. The van der Waals surface area contributed by atoms with Crippen LogP contribution in [-0.2, 0) is 28.1 Å². The minimum atomic E-state index is -3.68. The summed E-state index contributed by atoms with van der Waals surface area (Å²) in [5.41, 5.74) is 0. The molecule has 0 atom stereocenters. The standard InChI is InChI=1S/CB6O6S2/c8-14(9)6-2-1(4-12-14)3-7-15(10,11)13-5-1. The normalized spacial score (nSPS) is 29.3. The summed E-state index contributed by atoms with van der Waals surface area (Å²) in [5.74, 6) is 0. The average Bonchev–Trinajstić information content (AvgIpc) is 2.15. The first-order valence-corrected chi connectivity index (χ1v) is 6.71. The van der Waals surface area contributed by atoms with Crippen molar-refractivity contribution in [2.24, 2.45) is 0 Å². The Kier molecular flexibility index (Phi) is 2.81. The van der Waals surface area contributed by atoms with Gasteiger partial charge in [0.15, 0.2) is 19.9 Å². The topological polar surface area (TPSA) is 86.7 Å². The van der Waals surface area contributed by atoms with Gasteiger partial charge >= 0.3 is 15.0 Å². The molecule has 6 nitrogen and oxygen atoms in total. The lowest BCUT2D eigenvalue weighted by Gasteiger charge is -2.35. The summed E-state index contributed by atoms with van der Waals surface area (Å²) in [6.45, 7) is 0. The molecule has 0 aliphatic carbocycles. The fourth-order valence-corrected chi connectivity index (χ4v) is 2.54. The van der Waals surface area contributed by atoms with E-state index >= 15 is 0 Å². The molecule has 1 spiro atoms. The van der Waals surface area contributed by atoms with Crippen molar-refractivity contribution in [2.45, 2.75) is 5.01 Å². The molecule has 0 aromatic heterocycles. The maximum absolute atomic E-state index is 10.9. The van der Waals surface area contributed by atoms with Crippen LogP contribution in [0.4, 0.5) is 0 Å². The second-order valence-electron chi connectivity index (χ2n) is 3.02. The predicted octanol–water partition coefficient (Wildman–Crippen LogP) is -3.55. The quantitative estimate of drug-likeness (QED) is 0.405. The summed E-state index contributed by atoms with van der Waals surface area (Å²) in [6.07, 6.45) is 1.68. The average molecular weight is 237 g/mol. The molecule has 0 bridgehead atoms. The summed E-state index contributed by atoms with van der Waals surface area (Å²) in [4.78, 5) is 0. The summed E-state index contributed by atoms with van der Waals surface area (Å²) in [7, 11) is -2.88. The Bertz CT molecular complexity index is 377. The molecule has 0 aromatic rings. The van der Waals surface area contributed by atoms with Crippen molar-refractivity contribution in [3.8, 4) is 0 Å². The highest BCUT2D eigenvalue weighted by atomic mass is 32.2. The first-order valence-electron chi connectivity index (χ1n) is 3.76. The van der Waals surface area contributed by atoms with E-state index in [9.17, 15) is 16.8 Å². The number of rotatable bonds is 0. The third-order valence-corrected chi connectivity index (χ3v) is 3.49. The number of hydrogen-bond donors (Lipinski definition) is 0. The fraction of sp³-hybridized carbons (Fsp3) is 1.00. The minimum absolute atomic E-state index is 0.842. The van der Waals surface area contributed by atoms with Crippen molar-refractivity contribution < 1.29 is 25.0 Å². The van der Waals surface area contributed by atoms with Gasteiger partial charge in [0.2, 0.25) is 0 Å². The molecular weight excluding hydrogens is 237 g/mol. The van der Waals surface area contributed by atoms with Gasteiger partial charge in [-0.15, -0.1) is 0 Å². The molecule has 6 radical (unpaired) electrons. The van der Waals surface area contributed by atoms with Crippen molar-refractivity contribution in [1.29, 1.82) is 0 Å². The smallest absolute Gasteiger partial charge is 0.301 e. The van der Waals surface area contributed by atoms with Crippen LogP contribution in [0.15, 0.2) is 0 Å². The van der Waals surface area contributed by atoms with Crippen LogP contribution in [0.3, 0.4) is 0 Å². The van der Waals surface area contributed by atoms with Gasteiger partial charge in [0.1, 0.15) is 0 Å². The Balaban J connectivity index is 2.07. The van der Waals surface area contributed by atoms with Gasteiger partial charge in [0.05, 0.1) is 14.3 Å². The van der Waals surface area contributed by atoms with E-state index in [1.165, 1.54) is 14.3 Å². The van der Waals surface area contributed by atoms with E-state index in [2.05, 4.69) is 8.20 Å². The minimum Gasteiger partial charge on any atom is -0.352 e. The van der Waals surface area contributed by atoms with E-state index in [0.29, 0.717) is 0 Å². The van der Waals surface area contributed by atoms with Crippen LogP contribution in [0.25, 0.3) is 0 Å². The van der Waals surface area contributed by atoms with Crippen molar-refractivity contribution in [2.75, 3.05) is 0 Å². The molecule has 0 amide bonds. The molecule has 2 aliphatic heterocycles. The number of hydrogen-bond acceptors (Lipinski definition) is 6. The van der Waals surface area contributed by atoms with E-state index in [-0.39, 0.29) is 0 Å². The molecule has 2 fully saturated rings. The van der Waals surface area contributed by atoms with Crippen LogP contribution in [0, 0.1) is 0 Å². The molecule has 2 saturated heterocycles. The Labute approximate surface area is 92.4 Å². The van der Waals surface area contributed by atoms with Gasteiger partial charge in [-0.1, -0.05) is 5.01 Å². The molecule has 15 heavy (non-hydrogen) atoms. The molecular formula is CB6O6S2. The van der Waals surface area contributed by atoms with Gasteiger partial charge in [-0.05, 0) is 0 Å². The molecule has 14 heteroatoms. The summed E-state index contributed by atoms with van der Waals surface area (Å²) in [6, 6.07) is 0. The van der Waals surface area contributed by atoms with Gasteiger partial charge in [-0.25, -0.2) is 16.8 Å². The summed E-state index contributed by atoms with van der Waals surface area (Å²) < 4.78 is 52.3. The van der Waals surface area contributed by atoms with Gasteiger partial charge < -0.3 is 8.20 Å². The predicted molar refractivity (Wildman–Crippen MR) is 57.2 cm³/mol. The van der Waals surface area contributed by atoms with E-state index < -0.39 is 25.0 Å². The van der Waals surface area contributed by atoms with Crippen molar-refractivity contribution in [3.63, 3.8) is 0 Å². The van der Waals surface area contributed by atoms with Gasteiger partial charge in [-0.2, -0.15) is 0 Å². The highest BCUT2D eigenvalue weighted by Crippen LogP contribution is 2.28. The van der Waals surface area contributed by atoms with Crippen LogP contribution in [0.1, 0.15) is 0 Å². The molecule has 0 unspecified atom stereocenters. The SMILES string of the molecule is O=S1(=O)[B][B]C2([B][B]S(=O)(=O)O[B]2)[B]O1. The van der Waals surface area contributed by atoms with Crippen LogP contribution >= 0.6 is 0 Å². The van der Waals surface area contributed by atoms with Crippen molar-refractivity contribution in [3.05, 3.63) is 0 Å². The zero-order chi connectivity index (χ0) is 11.2. The van der Waals surface area contributed by atoms with Crippen LogP contribution in [-0.4, -0.2) is 59.0 Å². The molecule has 2 heterocycles. The first kappa shape index (κ1) is 11.7. The van der Waals surface area contributed by atoms with E-state index in [1.54, 1.807) is 0 Å².